The highest BCUT2D eigenvalue weighted by Gasteiger charge is 2.25. The summed E-state index contributed by atoms with van der Waals surface area (Å²) in [5, 5.41) is 22.5. The zero-order valence-electron chi connectivity index (χ0n) is 15.7. The molecule has 0 atom stereocenters. The van der Waals surface area contributed by atoms with E-state index < -0.39 is 11.9 Å². The number of rotatable bonds is 3. The van der Waals surface area contributed by atoms with Crippen LogP contribution in [0.5, 0.6) is 5.88 Å². The minimum absolute atomic E-state index is 0.143. The molecule has 29 heavy (non-hydrogen) atoms. The smallest absolute Gasteiger partial charge is 0.407 e. The van der Waals surface area contributed by atoms with Gasteiger partial charge in [0, 0.05) is 43.8 Å². The van der Waals surface area contributed by atoms with Crippen LogP contribution in [0.4, 0.5) is 9.18 Å². The van der Waals surface area contributed by atoms with Gasteiger partial charge in [0.1, 0.15) is 11.9 Å². The Hall–Kier alpha value is -3.67. The second-order valence-corrected chi connectivity index (χ2v) is 6.87. The molecular weight excluding hydrogens is 377 g/mol. The highest BCUT2D eigenvalue weighted by Crippen LogP contribution is 2.32. The van der Waals surface area contributed by atoms with E-state index in [1.54, 1.807) is 31.3 Å². The Morgan fingerprint density at radius 3 is 2.76 bits per heavy atom. The molecule has 0 bridgehead atoms. The maximum absolute atomic E-state index is 14.6. The fraction of sp³-hybridized carbons (Fsp3) is 0.300. The quantitative estimate of drug-likeness (QED) is 0.730. The molecule has 0 radical (unpaired) electrons. The van der Waals surface area contributed by atoms with Crippen LogP contribution >= 0.6 is 0 Å². The van der Waals surface area contributed by atoms with E-state index in [1.807, 2.05) is 6.07 Å². The first kappa shape index (κ1) is 18.7. The third-order valence-electron chi connectivity index (χ3n) is 5.03. The minimum Gasteiger partial charge on any atom is -0.474 e. The van der Waals surface area contributed by atoms with Gasteiger partial charge in [0.15, 0.2) is 5.65 Å². The van der Waals surface area contributed by atoms with Gasteiger partial charge >= 0.3 is 6.09 Å². The van der Waals surface area contributed by atoms with E-state index in [2.05, 4.69) is 10.1 Å². The van der Waals surface area contributed by atoms with Gasteiger partial charge in [0.2, 0.25) is 5.88 Å². The zero-order chi connectivity index (χ0) is 20.5. The number of nitrogens with zero attached hydrogens (tertiary/aromatic N) is 5. The lowest BCUT2D eigenvalue weighted by molar-refractivity contribution is 0.0857. The number of benzene rings is 1. The largest absolute Gasteiger partial charge is 0.474 e. The number of carboxylic acid groups (broad SMARTS) is 1. The number of aryl methyl sites for hydroxylation is 1. The normalized spacial score (nSPS) is 14.7. The Morgan fingerprint density at radius 1 is 1.34 bits per heavy atom. The number of amides is 1. The molecule has 1 saturated heterocycles. The van der Waals surface area contributed by atoms with Crippen LogP contribution in [0, 0.1) is 24.1 Å². The summed E-state index contributed by atoms with van der Waals surface area (Å²) in [7, 11) is 0. The summed E-state index contributed by atoms with van der Waals surface area (Å²) in [5.74, 6) is -0.0524. The van der Waals surface area contributed by atoms with E-state index in [-0.39, 0.29) is 11.7 Å². The molecule has 1 aromatic carbocycles. The number of nitriles is 1. The maximum Gasteiger partial charge on any atom is 0.407 e. The van der Waals surface area contributed by atoms with Crippen molar-refractivity contribution in [2.75, 3.05) is 13.1 Å². The Balaban J connectivity index is 1.67. The van der Waals surface area contributed by atoms with Gasteiger partial charge in [-0.25, -0.2) is 14.2 Å². The lowest BCUT2D eigenvalue weighted by Gasteiger charge is -2.30. The van der Waals surface area contributed by atoms with Crippen molar-refractivity contribution in [1.82, 2.24) is 19.5 Å². The molecule has 0 saturated carbocycles. The van der Waals surface area contributed by atoms with Crippen LogP contribution in [0.25, 0.3) is 16.8 Å². The van der Waals surface area contributed by atoms with Crippen LogP contribution in [0.15, 0.2) is 30.5 Å². The van der Waals surface area contributed by atoms with Crippen LogP contribution in [-0.4, -0.2) is 49.9 Å². The number of piperidine rings is 1. The van der Waals surface area contributed by atoms with Crippen molar-refractivity contribution in [3.05, 3.63) is 47.5 Å². The molecular formula is C20H18FN5O3. The maximum atomic E-state index is 14.6. The van der Waals surface area contributed by atoms with E-state index in [1.165, 1.54) is 15.5 Å². The van der Waals surface area contributed by atoms with Crippen LogP contribution < -0.4 is 4.74 Å². The molecule has 1 aliphatic heterocycles. The topological polar surface area (TPSA) is 104 Å². The Bertz CT molecular complexity index is 1130. The molecule has 1 aliphatic rings. The summed E-state index contributed by atoms with van der Waals surface area (Å²) < 4.78 is 22.2. The van der Waals surface area contributed by atoms with Gasteiger partial charge in [0.05, 0.1) is 22.9 Å². The van der Waals surface area contributed by atoms with Crippen LogP contribution in [0.2, 0.25) is 0 Å². The number of ether oxygens (including phenoxy) is 1. The molecule has 4 rings (SSSR count). The van der Waals surface area contributed by atoms with Crippen LogP contribution in [0.1, 0.15) is 24.1 Å². The van der Waals surface area contributed by atoms with Gasteiger partial charge < -0.3 is 14.7 Å². The lowest BCUT2D eigenvalue weighted by atomic mass is 10.0. The summed E-state index contributed by atoms with van der Waals surface area (Å²) in [4.78, 5) is 16.8. The molecule has 2 aromatic heterocycles. The zero-order valence-corrected chi connectivity index (χ0v) is 15.7. The fourth-order valence-electron chi connectivity index (χ4n) is 3.56. The highest BCUT2D eigenvalue weighted by molar-refractivity contribution is 5.80. The highest BCUT2D eigenvalue weighted by atomic mass is 19.1. The number of hydrogen-bond donors (Lipinski definition) is 1. The molecule has 0 unspecified atom stereocenters. The van der Waals surface area contributed by atoms with Crippen LogP contribution in [-0.2, 0) is 0 Å². The third-order valence-corrected chi connectivity index (χ3v) is 5.03. The van der Waals surface area contributed by atoms with Gasteiger partial charge in [-0.15, -0.1) is 0 Å². The monoisotopic (exact) mass is 395 g/mol. The predicted octanol–water partition coefficient (Wildman–Crippen LogP) is 3.24. The van der Waals surface area contributed by atoms with E-state index in [9.17, 15) is 9.18 Å². The molecule has 0 aliphatic carbocycles. The molecule has 1 fully saturated rings. The second kappa shape index (κ2) is 7.39. The number of fused-ring (bicyclic) bond motifs is 1. The van der Waals surface area contributed by atoms with Gasteiger partial charge in [-0.05, 0) is 25.1 Å². The average Bonchev–Trinajstić information content (AvgIpc) is 3.05. The molecule has 3 heterocycles. The molecule has 1 amide bonds. The standard InChI is InChI=1S/C20H18FN5O3/c1-12-18(15-3-2-13(11-22)10-16(15)21)19-23-7-4-17(26(19)24-12)29-14-5-8-25(9-6-14)20(27)28/h2-4,7,10,14H,5-6,8-9H2,1H3,(H,27,28). The third kappa shape index (κ3) is 3.45. The summed E-state index contributed by atoms with van der Waals surface area (Å²) in [6.45, 7) is 2.58. The minimum atomic E-state index is -0.925. The number of carbonyl (C=O) groups is 1. The molecule has 9 heteroatoms. The van der Waals surface area contributed by atoms with Crippen molar-refractivity contribution in [2.45, 2.75) is 25.9 Å². The summed E-state index contributed by atoms with van der Waals surface area (Å²) in [6, 6.07) is 7.90. The number of halogens is 1. The van der Waals surface area contributed by atoms with Crippen molar-refractivity contribution >= 4 is 11.7 Å². The molecule has 3 aromatic rings. The Kier molecular flexibility index (Phi) is 4.76. The first-order valence-electron chi connectivity index (χ1n) is 9.17. The first-order valence-corrected chi connectivity index (χ1v) is 9.17. The van der Waals surface area contributed by atoms with E-state index in [0.717, 1.165) is 0 Å². The number of hydrogen-bond acceptors (Lipinski definition) is 5. The van der Waals surface area contributed by atoms with Crippen LogP contribution in [0.3, 0.4) is 0 Å². The SMILES string of the molecule is Cc1nn2c(OC3CCN(C(=O)O)CC3)ccnc2c1-c1ccc(C#N)cc1F. The fourth-order valence-corrected chi connectivity index (χ4v) is 3.56. The van der Waals surface area contributed by atoms with E-state index >= 15 is 0 Å². The predicted molar refractivity (Wildman–Crippen MR) is 101 cm³/mol. The lowest BCUT2D eigenvalue weighted by Crippen LogP contribution is -2.41. The van der Waals surface area contributed by atoms with Crippen molar-refractivity contribution in [3.63, 3.8) is 0 Å². The van der Waals surface area contributed by atoms with Gasteiger partial charge in [-0.3, -0.25) is 0 Å². The van der Waals surface area contributed by atoms with Crippen molar-refractivity contribution in [1.29, 1.82) is 5.26 Å². The molecule has 148 valence electrons. The number of likely N-dealkylation sites (tertiary alicyclic amines) is 1. The Labute approximate surface area is 165 Å². The summed E-state index contributed by atoms with van der Waals surface area (Å²) in [5.41, 5.74) is 2.13. The van der Waals surface area contributed by atoms with E-state index in [4.69, 9.17) is 15.1 Å². The Morgan fingerprint density at radius 2 is 2.10 bits per heavy atom. The van der Waals surface area contributed by atoms with Crippen molar-refractivity contribution in [3.8, 4) is 23.1 Å². The van der Waals surface area contributed by atoms with Crippen molar-refractivity contribution in [2.24, 2.45) is 0 Å². The summed E-state index contributed by atoms with van der Waals surface area (Å²) in [6.07, 6.45) is 1.66. The van der Waals surface area contributed by atoms with E-state index in [0.29, 0.717) is 54.3 Å². The molecule has 8 nitrogen and oxygen atoms in total. The molecule has 0 spiro atoms. The summed E-state index contributed by atoms with van der Waals surface area (Å²) >= 11 is 0. The van der Waals surface area contributed by atoms with Gasteiger partial charge in [-0.2, -0.15) is 14.9 Å². The van der Waals surface area contributed by atoms with Gasteiger partial charge in [-0.1, -0.05) is 0 Å². The number of aromatic nitrogens is 3. The van der Waals surface area contributed by atoms with Gasteiger partial charge in [0.25, 0.3) is 0 Å². The first-order chi connectivity index (χ1) is 14.0. The van der Waals surface area contributed by atoms with Crippen molar-refractivity contribution < 1.29 is 19.0 Å². The average molecular weight is 395 g/mol. The molecule has 1 N–H and O–H groups in total. The second-order valence-electron chi connectivity index (χ2n) is 6.87.